The number of benzene rings is 1. The highest BCUT2D eigenvalue weighted by Crippen LogP contribution is 2.26. The van der Waals surface area contributed by atoms with Gasteiger partial charge in [-0.1, -0.05) is 6.07 Å². The molecule has 0 aromatic heterocycles. The van der Waals surface area contributed by atoms with E-state index in [9.17, 15) is 0 Å². The van der Waals surface area contributed by atoms with Gasteiger partial charge in [0.25, 0.3) is 0 Å². The third-order valence-electron chi connectivity index (χ3n) is 2.15. The van der Waals surface area contributed by atoms with E-state index >= 15 is 0 Å². The van der Waals surface area contributed by atoms with Crippen molar-refractivity contribution in [1.82, 2.24) is 0 Å². The van der Waals surface area contributed by atoms with Gasteiger partial charge in [-0.2, -0.15) is 0 Å². The van der Waals surface area contributed by atoms with Gasteiger partial charge in [-0.3, -0.25) is 0 Å². The number of alkyl halides is 1. The van der Waals surface area contributed by atoms with Crippen molar-refractivity contribution >= 4 is 27.5 Å². The third-order valence-corrected chi connectivity index (χ3v) is 3.08. The number of rotatable bonds is 7. The predicted molar refractivity (Wildman–Crippen MR) is 70.3 cm³/mol. The topological polar surface area (TPSA) is 18.5 Å². The summed E-state index contributed by atoms with van der Waals surface area (Å²) in [6.45, 7) is 1.50. The maximum atomic E-state index is 5.74. The average molecular weight is 308 g/mol. The molecule has 0 amide bonds. The van der Waals surface area contributed by atoms with E-state index in [4.69, 9.17) is 21.1 Å². The normalized spacial score (nSPS) is 10.4. The van der Waals surface area contributed by atoms with Gasteiger partial charge < -0.3 is 9.47 Å². The third kappa shape index (κ3) is 4.73. The summed E-state index contributed by atoms with van der Waals surface area (Å²) in [5.74, 6) is 1.39. The SMILES string of the molecule is COCCCCOc1ccc(CCl)cc1Br. The van der Waals surface area contributed by atoms with E-state index in [0.717, 1.165) is 35.2 Å². The van der Waals surface area contributed by atoms with Crippen LogP contribution >= 0.6 is 27.5 Å². The Balaban J connectivity index is 2.36. The summed E-state index contributed by atoms with van der Waals surface area (Å²) in [5, 5.41) is 0. The van der Waals surface area contributed by atoms with Gasteiger partial charge in [0, 0.05) is 19.6 Å². The van der Waals surface area contributed by atoms with Crippen molar-refractivity contribution < 1.29 is 9.47 Å². The molecule has 0 saturated carbocycles. The van der Waals surface area contributed by atoms with Crippen molar-refractivity contribution in [2.45, 2.75) is 18.7 Å². The molecule has 0 N–H and O–H groups in total. The lowest BCUT2D eigenvalue weighted by molar-refractivity contribution is 0.184. The second-order valence-electron chi connectivity index (χ2n) is 3.45. The molecule has 0 unspecified atom stereocenters. The first-order valence-electron chi connectivity index (χ1n) is 5.24. The number of ether oxygens (including phenoxy) is 2. The molecule has 0 bridgehead atoms. The van der Waals surface area contributed by atoms with Gasteiger partial charge in [-0.25, -0.2) is 0 Å². The molecule has 90 valence electrons. The molecule has 0 fully saturated rings. The quantitative estimate of drug-likeness (QED) is 0.560. The first-order valence-corrected chi connectivity index (χ1v) is 6.57. The van der Waals surface area contributed by atoms with Gasteiger partial charge in [-0.05, 0) is 46.5 Å². The average Bonchev–Trinajstić information content (AvgIpc) is 2.30. The fourth-order valence-corrected chi connectivity index (χ4v) is 1.98. The molecule has 2 nitrogen and oxygen atoms in total. The minimum Gasteiger partial charge on any atom is -0.492 e. The van der Waals surface area contributed by atoms with Crippen LogP contribution in [0.5, 0.6) is 5.75 Å². The van der Waals surface area contributed by atoms with E-state index in [1.54, 1.807) is 7.11 Å². The second-order valence-corrected chi connectivity index (χ2v) is 4.57. The Bertz CT molecular complexity index is 318. The van der Waals surface area contributed by atoms with Crippen molar-refractivity contribution in [2.24, 2.45) is 0 Å². The zero-order valence-corrected chi connectivity index (χ0v) is 11.7. The van der Waals surface area contributed by atoms with Crippen LogP contribution in [0.25, 0.3) is 0 Å². The Morgan fingerprint density at radius 2 is 2.00 bits per heavy atom. The smallest absolute Gasteiger partial charge is 0.133 e. The second kappa shape index (κ2) is 7.93. The molecular formula is C12H16BrClO2. The van der Waals surface area contributed by atoms with Gasteiger partial charge in [0.15, 0.2) is 0 Å². The number of unbranched alkanes of at least 4 members (excludes halogenated alkanes) is 1. The van der Waals surface area contributed by atoms with Crippen LogP contribution in [-0.4, -0.2) is 20.3 Å². The van der Waals surface area contributed by atoms with Crippen LogP contribution in [0.2, 0.25) is 0 Å². The molecule has 0 aliphatic rings. The Kier molecular flexibility index (Phi) is 6.85. The highest BCUT2D eigenvalue weighted by molar-refractivity contribution is 9.10. The highest BCUT2D eigenvalue weighted by atomic mass is 79.9. The van der Waals surface area contributed by atoms with Gasteiger partial charge >= 0.3 is 0 Å². The van der Waals surface area contributed by atoms with Crippen LogP contribution in [0, 0.1) is 0 Å². The van der Waals surface area contributed by atoms with E-state index in [1.807, 2.05) is 18.2 Å². The molecule has 1 aromatic carbocycles. The van der Waals surface area contributed by atoms with Crippen LogP contribution in [-0.2, 0) is 10.6 Å². The summed E-state index contributed by atoms with van der Waals surface area (Å²) in [5.41, 5.74) is 1.08. The summed E-state index contributed by atoms with van der Waals surface area (Å²) in [7, 11) is 1.71. The summed E-state index contributed by atoms with van der Waals surface area (Å²) in [6.07, 6.45) is 2.02. The maximum Gasteiger partial charge on any atom is 0.133 e. The summed E-state index contributed by atoms with van der Waals surface area (Å²) in [6, 6.07) is 5.90. The fourth-order valence-electron chi connectivity index (χ4n) is 1.28. The molecule has 0 atom stereocenters. The zero-order valence-electron chi connectivity index (χ0n) is 9.34. The summed E-state index contributed by atoms with van der Waals surface area (Å²) >= 11 is 9.20. The van der Waals surface area contributed by atoms with E-state index in [2.05, 4.69) is 15.9 Å². The number of halogens is 2. The van der Waals surface area contributed by atoms with E-state index in [0.29, 0.717) is 12.5 Å². The Hall–Kier alpha value is -0.250. The Morgan fingerprint density at radius 1 is 1.25 bits per heavy atom. The van der Waals surface area contributed by atoms with Crippen molar-refractivity contribution in [1.29, 1.82) is 0 Å². The van der Waals surface area contributed by atoms with Crippen LogP contribution in [0.1, 0.15) is 18.4 Å². The highest BCUT2D eigenvalue weighted by Gasteiger charge is 2.01. The molecule has 4 heteroatoms. The minimum atomic E-state index is 0.521. The first-order chi connectivity index (χ1) is 7.77. The van der Waals surface area contributed by atoms with Crippen molar-refractivity contribution in [3.8, 4) is 5.75 Å². The lowest BCUT2D eigenvalue weighted by Crippen LogP contribution is -2.00. The van der Waals surface area contributed by atoms with Gasteiger partial charge in [0.2, 0.25) is 0 Å². The number of hydrogen-bond donors (Lipinski definition) is 0. The summed E-state index contributed by atoms with van der Waals surface area (Å²) < 4.78 is 11.6. The summed E-state index contributed by atoms with van der Waals surface area (Å²) in [4.78, 5) is 0. The lowest BCUT2D eigenvalue weighted by Gasteiger charge is -2.08. The molecule has 0 heterocycles. The zero-order chi connectivity index (χ0) is 11.8. The van der Waals surface area contributed by atoms with Crippen LogP contribution in [0.3, 0.4) is 0 Å². The Labute approximate surface area is 110 Å². The van der Waals surface area contributed by atoms with Crippen molar-refractivity contribution in [3.63, 3.8) is 0 Å². The fraction of sp³-hybridized carbons (Fsp3) is 0.500. The van der Waals surface area contributed by atoms with Crippen LogP contribution in [0.15, 0.2) is 22.7 Å². The molecule has 1 aromatic rings. The van der Waals surface area contributed by atoms with Gasteiger partial charge in [0.05, 0.1) is 11.1 Å². The molecule has 0 aliphatic carbocycles. The standard InChI is InChI=1S/C12H16BrClO2/c1-15-6-2-3-7-16-12-5-4-10(9-14)8-11(12)13/h4-5,8H,2-3,6-7,9H2,1H3. The molecule has 1 rings (SSSR count). The molecule has 16 heavy (non-hydrogen) atoms. The van der Waals surface area contributed by atoms with Crippen molar-refractivity contribution in [2.75, 3.05) is 20.3 Å². The molecule has 0 radical (unpaired) electrons. The van der Waals surface area contributed by atoms with E-state index < -0.39 is 0 Å². The number of methoxy groups -OCH3 is 1. The molecule has 0 spiro atoms. The van der Waals surface area contributed by atoms with Gasteiger partial charge in [-0.15, -0.1) is 11.6 Å². The molecule has 0 saturated heterocycles. The van der Waals surface area contributed by atoms with Crippen molar-refractivity contribution in [3.05, 3.63) is 28.2 Å². The Morgan fingerprint density at radius 3 is 2.62 bits per heavy atom. The van der Waals surface area contributed by atoms with Crippen LogP contribution < -0.4 is 4.74 Å². The minimum absolute atomic E-state index is 0.521. The largest absolute Gasteiger partial charge is 0.492 e. The van der Waals surface area contributed by atoms with Crippen LogP contribution in [0.4, 0.5) is 0 Å². The molecule has 0 aliphatic heterocycles. The first kappa shape index (κ1) is 13.8. The molecular weight excluding hydrogens is 291 g/mol. The predicted octanol–water partition coefficient (Wildman–Crippen LogP) is 3.99. The lowest BCUT2D eigenvalue weighted by atomic mass is 10.2. The monoisotopic (exact) mass is 306 g/mol. The van der Waals surface area contributed by atoms with E-state index in [1.165, 1.54) is 0 Å². The number of hydrogen-bond acceptors (Lipinski definition) is 2. The maximum absolute atomic E-state index is 5.74. The van der Waals surface area contributed by atoms with E-state index in [-0.39, 0.29) is 0 Å². The van der Waals surface area contributed by atoms with Gasteiger partial charge in [0.1, 0.15) is 5.75 Å².